The molecule has 0 saturated carbocycles. The third-order valence-corrected chi connectivity index (χ3v) is 6.01. The minimum absolute atomic E-state index is 0.0970. The molecule has 31 heavy (non-hydrogen) atoms. The normalized spacial score (nSPS) is 18.9. The predicted octanol–water partition coefficient (Wildman–Crippen LogP) is 4.08. The van der Waals surface area contributed by atoms with E-state index in [-0.39, 0.29) is 25.5 Å². The van der Waals surface area contributed by atoms with Gasteiger partial charge in [0.15, 0.2) is 22.9 Å². The van der Waals surface area contributed by atoms with E-state index in [1.807, 2.05) is 18.2 Å². The lowest BCUT2D eigenvalue weighted by molar-refractivity contribution is -0.136. The lowest BCUT2D eigenvalue weighted by atomic mass is 9.88. The summed E-state index contributed by atoms with van der Waals surface area (Å²) in [5.74, 6) is 0.103. The molecule has 1 amide bonds. The first-order valence-electron chi connectivity index (χ1n) is 9.77. The topological polar surface area (TPSA) is 76.1 Å². The standard InChI is InChI=1S/C24H18ClNO5/c25-18-7-3-1-5-16(18)13-26-19-8-4-2-6-17(19)24(29,23(26)28)12-20(27)15-9-10-21-22(11-15)31-14-30-21/h1-11,29H,12-14H2. The molecule has 3 aromatic carbocycles. The number of hydrogen-bond acceptors (Lipinski definition) is 5. The zero-order chi connectivity index (χ0) is 21.6. The van der Waals surface area contributed by atoms with E-state index in [0.717, 1.165) is 5.56 Å². The molecule has 6 nitrogen and oxygen atoms in total. The van der Waals surface area contributed by atoms with E-state index >= 15 is 0 Å². The maximum atomic E-state index is 13.4. The average molecular weight is 436 g/mol. The van der Waals surface area contributed by atoms with Gasteiger partial charge in [-0.05, 0) is 35.9 Å². The second kappa shape index (κ2) is 7.41. The number of anilines is 1. The van der Waals surface area contributed by atoms with Gasteiger partial charge in [-0.1, -0.05) is 48.0 Å². The van der Waals surface area contributed by atoms with E-state index in [1.54, 1.807) is 48.5 Å². The second-order valence-electron chi connectivity index (χ2n) is 7.53. The summed E-state index contributed by atoms with van der Waals surface area (Å²) in [4.78, 5) is 27.9. The van der Waals surface area contributed by atoms with Crippen LogP contribution in [0.2, 0.25) is 5.02 Å². The lowest BCUT2D eigenvalue weighted by Crippen LogP contribution is -2.41. The van der Waals surface area contributed by atoms with Crippen LogP contribution in [0.5, 0.6) is 11.5 Å². The Bertz CT molecular complexity index is 1210. The number of halogens is 1. The van der Waals surface area contributed by atoms with E-state index in [9.17, 15) is 14.7 Å². The molecule has 5 rings (SSSR count). The molecule has 0 spiro atoms. The number of ether oxygens (including phenoxy) is 2. The van der Waals surface area contributed by atoms with Crippen LogP contribution in [0, 0.1) is 0 Å². The van der Waals surface area contributed by atoms with Gasteiger partial charge in [0.1, 0.15) is 0 Å². The quantitative estimate of drug-likeness (QED) is 0.611. The monoisotopic (exact) mass is 435 g/mol. The summed E-state index contributed by atoms with van der Waals surface area (Å²) in [5, 5.41) is 12.0. The molecule has 0 fully saturated rings. The van der Waals surface area contributed by atoms with Crippen molar-refractivity contribution in [2.45, 2.75) is 18.6 Å². The zero-order valence-corrected chi connectivity index (χ0v) is 17.1. The van der Waals surface area contributed by atoms with Gasteiger partial charge in [0, 0.05) is 16.1 Å². The number of rotatable bonds is 5. The molecule has 3 aromatic rings. The number of aliphatic hydroxyl groups is 1. The van der Waals surface area contributed by atoms with Gasteiger partial charge in [-0.3, -0.25) is 9.59 Å². The number of para-hydroxylation sites is 1. The van der Waals surface area contributed by atoms with Crippen LogP contribution in [0.15, 0.2) is 66.7 Å². The van der Waals surface area contributed by atoms with Crippen molar-refractivity contribution >= 4 is 29.0 Å². The van der Waals surface area contributed by atoms with Gasteiger partial charge < -0.3 is 19.5 Å². The molecule has 2 aliphatic rings. The zero-order valence-electron chi connectivity index (χ0n) is 16.4. The highest BCUT2D eigenvalue weighted by molar-refractivity contribution is 6.31. The van der Waals surface area contributed by atoms with E-state index in [1.165, 1.54) is 4.90 Å². The number of benzene rings is 3. The number of amides is 1. The number of fused-ring (bicyclic) bond motifs is 2. The number of carbonyl (C=O) groups excluding carboxylic acids is 2. The van der Waals surface area contributed by atoms with Crippen LogP contribution in [-0.4, -0.2) is 23.6 Å². The summed E-state index contributed by atoms with van der Waals surface area (Å²) in [5.41, 5.74) is 0.0893. The molecule has 1 N–H and O–H groups in total. The molecule has 0 aliphatic carbocycles. The molecule has 0 aromatic heterocycles. The van der Waals surface area contributed by atoms with Crippen LogP contribution in [-0.2, 0) is 16.9 Å². The fourth-order valence-electron chi connectivity index (χ4n) is 4.04. The maximum Gasteiger partial charge on any atom is 0.264 e. The first-order valence-corrected chi connectivity index (χ1v) is 10.2. The van der Waals surface area contributed by atoms with Crippen molar-refractivity contribution in [1.82, 2.24) is 0 Å². The van der Waals surface area contributed by atoms with Crippen molar-refractivity contribution in [2.75, 3.05) is 11.7 Å². The first-order chi connectivity index (χ1) is 15.0. The summed E-state index contributed by atoms with van der Waals surface area (Å²) in [6, 6.07) is 19.0. The number of nitrogens with zero attached hydrogens (tertiary/aromatic N) is 1. The Morgan fingerprint density at radius 2 is 1.77 bits per heavy atom. The van der Waals surface area contributed by atoms with Crippen molar-refractivity contribution in [3.8, 4) is 11.5 Å². The lowest BCUT2D eigenvalue weighted by Gasteiger charge is -2.23. The molecule has 1 atom stereocenters. The number of carbonyl (C=O) groups is 2. The average Bonchev–Trinajstić information content (AvgIpc) is 3.32. The number of Topliss-reactive ketones (excluding diaryl/α,β-unsaturated/α-hetero) is 1. The van der Waals surface area contributed by atoms with E-state index in [2.05, 4.69) is 0 Å². The third kappa shape index (κ3) is 3.24. The smallest absolute Gasteiger partial charge is 0.264 e. The van der Waals surface area contributed by atoms with Crippen molar-refractivity contribution < 1.29 is 24.2 Å². The van der Waals surface area contributed by atoms with E-state index in [4.69, 9.17) is 21.1 Å². The van der Waals surface area contributed by atoms with Crippen LogP contribution < -0.4 is 14.4 Å². The largest absolute Gasteiger partial charge is 0.454 e. The minimum atomic E-state index is -1.97. The summed E-state index contributed by atoms with van der Waals surface area (Å²) >= 11 is 6.28. The van der Waals surface area contributed by atoms with Crippen LogP contribution in [0.4, 0.5) is 5.69 Å². The first kappa shape index (κ1) is 19.6. The summed E-state index contributed by atoms with van der Waals surface area (Å²) in [7, 11) is 0. The third-order valence-electron chi connectivity index (χ3n) is 5.64. The predicted molar refractivity (Wildman–Crippen MR) is 114 cm³/mol. The molecule has 2 aliphatic heterocycles. The van der Waals surface area contributed by atoms with Crippen LogP contribution in [0.3, 0.4) is 0 Å². The molecule has 0 saturated heterocycles. The molecule has 7 heteroatoms. The molecule has 2 heterocycles. The van der Waals surface area contributed by atoms with Gasteiger partial charge in [-0.2, -0.15) is 0 Å². The number of ketones is 1. The van der Waals surface area contributed by atoms with Gasteiger partial charge >= 0.3 is 0 Å². The Morgan fingerprint density at radius 3 is 2.61 bits per heavy atom. The Kier molecular flexibility index (Phi) is 4.68. The van der Waals surface area contributed by atoms with Gasteiger partial charge in [-0.15, -0.1) is 0 Å². The highest BCUT2D eigenvalue weighted by Gasteiger charge is 2.50. The van der Waals surface area contributed by atoms with Crippen LogP contribution >= 0.6 is 11.6 Å². The van der Waals surface area contributed by atoms with E-state index in [0.29, 0.717) is 33.3 Å². The Morgan fingerprint density at radius 1 is 1.03 bits per heavy atom. The molecule has 1 unspecified atom stereocenters. The highest BCUT2D eigenvalue weighted by Crippen LogP contribution is 2.44. The van der Waals surface area contributed by atoms with Crippen LogP contribution in [0.1, 0.15) is 27.9 Å². The van der Waals surface area contributed by atoms with Crippen LogP contribution in [0.25, 0.3) is 0 Å². The van der Waals surface area contributed by atoms with Gasteiger partial charge in [0.05, 0.1) is 18.7 Å². The molecule has 156 valence electrons. The maximum absolute atomic E-state index is 13.4. The molecule has 0 radical (unpaired) electrons. The minimum Gasteiger partial charge on any atom is -0.454 e. The van der Waals surface area contributed by atoms with Crippen molar-refractivity contribution in [3.63, 3.8) is 0 Å². The van der Waals surface area contributed by atoms with Gasteiger partial charge in [-0.25, -0.2) is 0 Å². The van der Waals surface area contributed by atoms with E-state index < -0.39 is 11.5 Å². The van der Waals surface area contributed by atoms with Crippen molar-refractivity contribution in [3.05, 3.63) is 88.4 Å². The van der Waals surface area contributed by atoms with Crippen molar-refractivity contribution in [2.24, 2.45) is 0 Å². The molecule has 0 bridgehead atoms. The summed E-state index contributed by atoms with van der Waals surface area (Å²) < 4.78 is 10.6. The Balaban J connectivity index is 1.47. The van der Waals surface area contributed by atoms with Gasteiger partial charge in [0.25, 0.3) is 5.91 Å². The SMILES string of the molecule is O=C(CC1(O)C(=O)N(Cc2ccccc2Cl)c2ccccc21)c1ccc2c(c1)OCO2. The molecular formula is C24H18ClNO5. The summed E-state index contributed by atoms with van der Waals surface area (Å²) in [6.45, 7) is 0.288. The highest BCUT2D eigenvalue weighted by atomic mass is 35.5. The summed E-state index contributed by atoms with van der Waals surface area (Å²) in [6.07, 6.45) is -0.387. The fourth-order valence-corrected chi connectivity index (χ4v) is 4.23. The van der Waals surface area contributed by atoms with Crippen molar-refractivity contribution in [1.29, 1.82) is 0 Å². The molecular weight excluding hydrogens is 418 g/mol. The Labute approximate surface area is 183 Å². The van der Waals surface area contributed by atoms with Gasteiger partial charge in [0.2, 0.25) is 6.79 Å². The number of hydrogen-bond donors (Lipinski definition) is 1. The fraction of sp³-hybridized carbons (Fsp3) is 0.167. The second-order valence-corrected chi connectivity index (χ2v) is 7.94. The Hall–Kier alpha value is -3.35.